The van der Waals surface area contributed by atoms with Gasteiger partial charge in [0.05, 0.1) is 0 Å². The Hall–Kier alpha value is -2.01. The summed E-state index contributed by atoms with van der Waals surface area (Å²) in [5, 5.41) is 7.78. The monoisotopic (exact) mass is 263 g/mol. The maximum absolute atomic E-state index is 5.83. The maximum Gasteiger partial charge on any atom is 0.161 e. The fourth-order valence-corrected chi connectivity index (χ4v) is 1.97. The number of nitrogens with two attached hydrogens (primary N) is 1. The third-order valence-corrected chi connectivity index (χ3v) is 2.83. The van der Waals surface area contributed by atoms with Crippen molar-refractivity contribution in [3.8, 4) is 22.6 Å². The average molecular weight is 264 g/mol. The molecule has 3 rings (SSSR count). The van der Waals surface area contributed by atoms with Gasteiger partial charge in [0.25, 0.3) is 0 Å². The lowest BCUT2D eigenvalue weighted by Crippen LogP contribution is -2.15. The van der Waals surface area contributed by atoms with Gasteiger partial charge in [0.15, 0.2) is 22.5 Å². The topological polar surface area (TPSA) is 70.3 Å². The number of anilines is 1. The molecule has 2 N–H and O–H groups in total. The molecule has 0 atom stereocenters. The summed E-state index contributed by atoms with van der Waals surface area (Å²) in [6.07, 6.45) is 0. The Labute approximate surface area is 108 Å². The van der Waals surface area contributed by atoms with Gasteiger partial charge in [0.2, 0.25) is 0 Å². The van der Waals surface area contributed by atoms with E-state index in [1.54, 1.807) is 6.07 Å². The highest BCUT2D eigenvalue weighted by atomic mass is 35.5. The zero-order valence-corrected chi connectivity index (χ0v) is 10.1. The van der Waals surface area contributed by atoms with Gasteiger partial charge in [-0.3, -0.25) is 0 Å². The van der Waals surface area contributed by atoms with Crippen molar-refractivity contribution in [3.05, 3.63) is 29.4 Å². The first-order valence-corrected chi connectivity index (χ1v) is 5.80. The number of hydrogen-bond acceptors (Lipinski definition) is 5. The van der Waals surface area contributed by atoms with Gasteiger partial charge in [-0.2, -0.15) is 0 Å². The standard InChI is InChI=1S/C12H10ClN3O2/c13-11-6-8(12(14)16-15-11)7-1-2-9-10(5-7)18-4-3-17-9/h1-2,5-6H,3-4H2,(H2,14,16). The Balaban J connectivity index is 2.09. The van der Waals surface area contributed by atoms with Gasteiger partial charge in [-0.15, -0.1) is 10.2 Å². The average Bonchev–Trinajstić information content (AvgIpc) is 2.41. The molecule has 0 saturated carbocycles. The highest BCUT2D eigenvalue weighted by Gasteiger charge is 2.14. The van der Waals surface area contributed by atoms with E-state index in [1.165, 1.54) is 0 Å². The van der Waals surface area contributed by atoms with Crippen LogP contribution in [0.25, 0.3) is 11.1 Å². The molecular weight excluding hydrogens is 254 g/mol. The molecule has 1 aliphatic heterocycles. The van der Waals surface area contributed by atoms with Crippen LogP contribution in [0.5, 0.6) is 11.5 Å². The van der Waals surface area contributed by atoms with Crippen LogP contribution >= 0.6 is 11.6 Å². The third kappa shape index (κ3) is 1.93. The number of nitrogen functional groups attached to an aromatic ring is 1. The van der Waals surface area contributed by atoms with Gasteiger partial charge in [0.1, 0.15) is 13.2 Å². The van der Waals surface area contributed by atoms with E-state index in [9.17, 15) is 0 Å². The molecule has 0 radical (unpaired) electrons. The fraction of sp³-hybridized carbons (Fsp3) is 0.167. The molecule has 92 valence electrons. The van der Waals surface area contributed by atoms with Gasteiger partial charge < -0.3 is 15.2 Å². The van der Waals surface area contributed by atoms with E-state index in [-0.39, 0.29) is 0 Å². The van der Waals surface area contributed by atoms with E-state index in [1.807, 2.05) is 18.2 Å². The Bertz CT molecular complexity index is 604. The molecule has 2 aromatic rings. The van der Waals surface area contributed by atoms with Crippen LogP contribution in [-0.2, 0) is 0 Å². The number of fused-ring (bicyclic) bond motifs is 1. The largest absolute Gasteiger partial charge is 0.486 e. The van der Waals surface area contributed by atoms with Crippen molar-refractivity contribution >= 4 is 17.4 Å². The number of hydrogen-bond donors (Lipinski definition) is 1. The molecule has 0 unspecified atom stereocenters. The Kier molecular flexibility index (Phi) is 2.68. The Morgan fingerprint density at radius 3 is 2.67 bits per heavy atom. The maximum atomic E-state index is 5.83. The molecule has 0 amide bonds. The number of halogens is 1. The van der Waals surface area contributed by atoms with E-state index < -0.39 is 0 Å². The lowest BCUT2D eigenvalue weighted by atomic mass is 10.1. The minimum absolute atomic E-state index is 0.300. The van der Waals surface area contributed by atoms with Crippen molar-refractivity contribution in [2.75, 3.05) is 18.9 Å². The second-order valence-electron chi connectivity index (χ2n) is 3.82. The summed E-state index contributed by atoms with van der Waals surface area (Å²) in [4.78, 5) is 0. The smallest absolute Gasteiger partial charge is 0.161 e. The zero-order chi connectivity index (χ0) is 12.5. The van der Waals surface area contributed by atoms with E-state index in [4.69, 9.17) is 26.8 Å². The molecule has 0 spiro atoms. The molecule has 18 heavy (non-hydrogen) atoms. The highest BCUT2D eigenvalue weighted by Crippen LogP contribution is 2.36. The molecule has 1 aliphatic rings. The van der Waals surface area contributed by atoms with Crippen LogP contribution < -0.4 is 15.2 Å². The van der Waals surface area contributed by atoms with Crippen molar-refractivity contribution in [1.29, 1.82) is 0 Å². The zero-order valence-electron chi connectivity index (χ0n) is 9.39. The van der Waals surface area contributed by atoms with E-state index in [2.05, 4.69) is 10.2 Å². The van der Waals surface area contributed by atoms with Gasteiger partial charge in [-0.25, -0.2) is 0 Å². The molecule has 6 heteroatoms. The van der Waals surface area contributed by atoms with E-state index in [0.717, 1.165) is 16.9 Å². The van der Waals surface area contributed by atoms with Crippen LogP contribution in [0.2, 0.25) is 5.15 Å². The first-order chi connectivity index (χ1) is 8.74. The summed E-state index contributed by atoms with van der Waals surface area (Å²) in [6.45, 7) is 1.11. The molecule has 5 nitrogen and oxygen atoms in total. The van der Waals surface area contributed by atoms with Gasteiger partial charge >= 0.3 is 0 Å². The predicted molar refractivity (Wildman–Crippen MR) is 67.9 cm³/mol. The first-order valence-electron chi connectivity index (χ1n) is 5.43. The number of benzene rings is 1. The second-order valence-corrected chi connectivity index (χ2v) is 4.21. The Morgan fingerprint density at radius 2 is 1.83 bits per heavy atom. The van der Waals surface area contributed by atoms with Crippen molar-refractivity contribution in [3.63, 3.8) is 0 Å². The summed E-state index contributed by atoms with van der Waals surface area (Å²) >= 11 is 5.83. The number of aromatic nitrogens is 2. The molecule has 0 bridgehead atoms. The predicted octanol–water partition coefficient (Wildman–Crippen LogP) is 2.15. The summed E-state index contributed by atoms with van der Waals surface area (Å²) in [6, 6.07) is 7.27. The minimum Gasteiger partial charge on any atom is -0.486 e. The van der Waals surface area contributed by atoms with Crippen LogP contribution in [0.15, 0.2) is 24.3 Å². The minimum atomic E-state index is 0.300. The molecule has 2 heterocycles. The van der Waals surface area contributed by atoms with Crippen LogP contribution in [0.3, 0.4) is 0 Å². The van der Waals surface area contributed by atoms with Crippen molar-refractivity contribution in [2.24, 2.45) is 0 Å². The molecule has 0 saturated heterocycles. The number of nitrogens with zero attached hydrogens (tertiary/aromatic N) is 2. The van der Waals surface area contributed by atoms with Crippen LogP contribution in [0.4, 0.5) is 5.82 Å². The van der Waals surface area contributed by atoms with Crippen LogP contribution in [0.1, 0.15) is 0 Å². The number of rotatable bonds is 1. The number of ether oxygens (including phenoxy) is 2. The normalized spacial score (nSPS) is 13.4. The molecule has 0 fully saturated rings. The van der Waals surface area contributed by atoms with Crippen LogP contribution in [0, 0.1) is 0 Å². The van der Waals surface area contributed by atoms with Crippen molar-refractivity contribution in [1.82, 2.24) is 10.2 Å². The molecule has 1 aromatic heterocycles. The summed E-state index contributed by atoms with van der Waals surface area (Å²) in [7, 11) is 0. The first kappa shape index (κ1) is 11.1. The third-order valence-electron chi connectivity index (χ3n) is 2.65. The molecule has 0 aliphatic carbocycles. The van der Waals surface area contributed by atoms with Gasteiger partial charge in [-0.1, -0.05) is 17.7 Å². The van der Waals surface area contributed by atoms with E-state index in [0.29, 0.717) is 29.9 Å². The summed E-state index contributed by atoms with van der Waals surface area (Å²) in [5.41, 5.74) is 7.39. The summed E-state index contributed by atoms with van der Waals surface area (Å²) < 4.78 is 11.0. The van der Waals surface area contributed by atoms with Gasteiger partial charge in [-0.05, 0) is 23.8 Å². The van der Waals surface area contributed by atoms with Crippen molar-refractivity contribution in [2.45, 2.75) is 0 Å². The quantitative estimate of drug-likeness (QED) is 0.854. The highest BCUT2D eigenvalue weighted by molar-refractivity contribution is 6.29. The second kappa shape index (κ2) is 4.34. The lowest BCUT2D eigenvalue weighted by molar-refractivity contribution is 0.171. The fourth-order valence-electron chi connectivity index (χ4n) is 1.82. The summed E-state index contributed by atoms with van der Waals surface area (Å²) in [5.74, 6) is 1.76. The lowest BCUT2D eigenvalue weighted by Gasteiger charge is -2.19. The molecular formula is C12H10ClN3O2. The van der Waals surface area contributed by atoms with Crippen LogP contribution in [-0.4, -0.2) is 23.4 Å². The SMILES string of the molecule is Nc1nnc(Cl)cc1-c1ccc2c(c1)OCCO2. The molecule has 1 aromatic carbocycles. The van der Waals surface area contributed by atoms with Gasteiger partial charge in [0, 0.05) is 5.56 Å². The van der Waals surface area contributed by atoms with Crippen molar-refractivity contribution < 1.29 is 9.47 Å². The van der Waals surface area contributed by atoms with E-state index >= 15 is 0 Å². The Morgan fingerprint density at radius 1 is 1.06 bits per heavy atom.